The van der Waals surface area contributed by atoms with Gasteiger partial charge in [0.25, 0.3) is 5.56 Å². The van der Waals surface area contributed by atoms with Gasteiger partial charge in [-0.3, -0.25) is 4.79 Å². The van der Waals surface area contributed by atoms with Gasteiger partial charge in [0.2, 0.25) is 0 Å². The standard InChI is InChI=1S/C14H23BrN4O/c1-10-5-4-6-11(10)17-12-9-16-19(8-7-18(2)3)14(20)13(12)15/h9-11,17H,4-8H2,1-3H3. The molecule has 2 rings (SSSR count). The molecule has 2 atom stereocenters. The van der Waals surface area contributed by atoms with Crippen molar-refractivity contribution in [1.82, 2.24) is 14.7 Å². The van der Waals surface area contributed by atoms with Crippen molar-refractivity contribution in [2.45, 2.75) is 38.8 Å². The SMILES string of the molecule is CC1CCCC1Nc1cnn(CCN(C)C)c(=O)c1Br. The van der Waals surface area contributed by atoms with Gasteiger partial charge < -0.3 is 10.2 Å². The maximum atomic E-state index is 12.3. The molecule has 1 N–H and O–H groups in total. The van der Waals surface area contributed by atoms with E-state index in [4.69, 9.17) is 0 Å². The smallest absolute Gasteiger partial charge is 0.283 e. The van der Waals surface area contributed by atoms with Crippen molar-refractivity contribution < 1.29 is 0 Å². The molecule has 112 valence electrons. The zero-order valence-electron chi connectivity index (χ0n) is 12.4. The Morgan fingerprint density at radius 2 is 2.25 bits per heavy atom. The van der Waals surface area contributed by atoms with E-state index in [0.717, 1.165) is 18.7 Å². The van der Waals surface area contributed by atoms with E-state index in [0.29, 0.717) is 23.0 Å². The summed E-state index contributed by atoms with van der Waals surface area (Å²) < 4.78 is 2.10. The molecule has 1 fully saturated rings. The third-order valence-electron chi connectivity index (χ3n) is 3.95. The van der Waals surface area contributed by atoms with Crippen molar-refractivity contribution in [3.8, 4) is 0 Å². The lowest BCUT2D eigenvalue weighted by atomic mass is 10.1. The van der Waals surface area contributed by atoms with Gasteiger partial charge in [-0.2, -0.15) is 5.10 Å². The minimum absolute atomic E-state index is 0.0671. The predicted molar refractivity (Wildman–Crippen MR) is 85.2 cm³/mol. The van der Waals surface area contributed by atoms with Crippen LogP contribution >= 0.6 is 15.9 Å². The number of nitrogens with one attached hydrogen (secondary N) is 1. The van der Waals surface area contributed by atoms with E-state index in [1.807, 2.05) is 19.0 Å². The fourth-order valence-electron chi connectivity index (χ4n) is 2.58. The Hall–Kier alpha value is -0.880. The first-order valence-electron chi connectivity index (χ1n) is 7.16. The van der Waals surface area contributed by atoms with Crippen LogP contribution in [0, 0.1) is 5.92 Å². The summed E-state index contributed by atoms with van der Waals surface area (Å²) in [4.78, 5) is 14.3. The highest BCUT2D eigenvalue weighted by atomic mass is 79.9. The Balaban J connectivity index is 2.12. The van der Waals surface area contributed by atoms with Gasteiger partial charge in [-0.05, 0) is 48.8 Å². The van der Waals surface area contributed by atoms with Gasteiger partial charge in [-0.25, -0.2) is 4.68 Å². The zero-order valence-corrected chi connectivity index (χ0v) is 14.0. The third kappa shape index (κ3) is 3.61. The normalized spacial score (nSPS) is 22.4. The molecule has 0 aliphatic heterocycles. The second-order valence-electron chi connectivity index (χ2n) is 5.86. The molecular formula is C14H23BrN4O. The van der Waals surface area contributed by atoms with Gasteiger partial charge in [0.05, 0.1) is 18.4 Å². The first-order valence-corrected chi connectivity index (χ1v) is 7.95. The van der Waals surface area contributed by atoms with Crippen LogP contribution in [0.1, 0.15) is 26.2 Å². The molecule has 1 aliphatic rings. The molecule has 2 unspecified atom stereocenters. The summed E-state index contributed by atoms with van der Waals surface area (Å²) in [6.45, 7) is 3.65. The van der Waals surface area contributed by atoms with E-state index >= 15 is 0 Å². The van der Waals surface area contributed by atoms with Gasteiger partial charge in [0.1, 0.15) is 4.47 Å². The van der Waals surface area contributed by atoms with Crippen molar-refractivity contribution in [1.29, 1.82) is 0 Å². The molecule has 1 aromatic heterocycles. The first-order chi connectivity index (χ1) is 9.49. The summed E-state index contributed by atoms with van der Waals surface area (Å²) in [5.74, 6) is 0.651. The van der Waals surface area contributed by atoms with Crippen LogP contribution < -0.4 is 10.9 Å². The Morgan fingerprint density at radius 3 is 2.85 bits per heavy atom. The minimum atomic E-state index is -0.0671. The highest BCUT2D eigenvalue weighted by Gasteiger charge is 2.24. The number of rotatable bonds is 5. The maximum Gasteiger partial charge on any atom is 0.283 e. The van der Waals surface area contributed by atoms with E-state index in [1.165, 1.54) is 17.5 Å². The van der Waals surface area contributed by atoms with Crippen LogP contribution in [0.15, 0.2) is 15.5 Å². The molecule has 0 spiro atoms. The molecule has 1 saturated carbocycles. The van der Waals surface area contributed by atoms with Crippen LogP contribution in [0.4, 0.5) is 5.69 Å². The molecular weight excluding hydrogens is 320 g/mol. The molecule has 0 saturated heterocycles. The van der Waals surface area contributed by atoms with Gasteiger partial charge in [0.15, 0.2) is 0 Å². The summed E-state index contributed by atoms with van der Waals surface area (Å²) >= 11 is 3.42. The highest BCUT2D eigenvalue weighted by molar-refractivity contribution is 9.10. The number of hydrogen-bond acceptors (Lipinski definition) is 4. The van der Waals surface area contributed by atoms with Crippen LogP contribution in [0.3, 0.4) is 0 Å². The van der Waals surface area contributed by atoms with Crippen molar-refractivity contribution in [3.63, 3.8) is 0 Å². The number of nitrogens with zero attached hydrogens (tertiary/aromatic N) is 3. The molecule has 0 radical (unpaired) electrons. The van der Waals surface area contributed by atoms with Crippen molar-refractivity contribution in [2.24, 2.45) is 5.92 Å². The highest BCUT2D eigenvalue weighted by Crippen LogP contribution is 2.29. The van der Waals surface area contributed by atoms with E-state index in [9.17, 15) is 4.79 Å². The molecule has 1 aliphatic carbocycles. The maximum absolute atomic E-state index is 12.3. The Bertz CT molecular complexity index is 514. The van der Waals surface area contributed by atoms with E-state index in [1.54, 1.807) is 6.20 Å². The molecule has 1 heterocycles. The van der Waals surface area contributed by atoms with Gasteiger partial charge >= 0.3 is 0 Å². The van der Waals surface area contributed by atoms with E-state index in [-0.39, 0.29) is 5.56 Å². The molecule has 1 aromatic rings. The van der Waals surface area contributed by atoms with Gasteiger partial charge in [0, 0.05) is 12.6 Å². The Kier molecular flexibility index (Phi) is 5.21. The zero-order chi connectivity index (χ0) is 14.7. The second kappa shape index (κ2) is 6.72. The summed E-state index contributed by atoms with van der Waals surface area (Å²) in [6, 6.07) is 0.449. The van der Waals surface area contributed by atoms with Crippen molar-refractivity contribution >= 4 is 21.6 Å². The quantitative estimate of drug-likeness (QED) is 0.890. The first kappa shape index (κ1) is 15.5. The van der Waals surface area contributed by atoms with Crippen LogP contribution in [-0.2, 0) is 6.54 Å². The minimum Gasteiger partial charge on any atom is -0.380 e. The number of aromatic nitrogens is 2. The average molecular weight is 343 g/mol. The van der Waals surface area contributed by atoms with Crippen LogP contribution in [0.25, 0.3) is 0 Å². The topological polar surface area (TPSA) is 50.2 Å². The van der Waals surface area contributed by atoms with Crippen LogP contribution in [0.2, 0.25) is 0 Å². The number of hydrogen-bond donors (Lipinski definition) is 1. The summed E-state index contributed by atoms with van der Waals surface area (Å²) in [7, 11) is 3.97. The largest absolute Gasteiger partial charge is 0.380 e. The molecule has 0 aromatic carbocycles. The van der Waals surface area contributed by atoms with Gasteiger partial charge in [-0.15, -0.1) is 0 Å². The lowest BCUT2D eigenvalue weighted by Gasteiger charge is -2.19. The number of anilines is 1. The average Bonchev–Trinajstić information content (AvgIpc) is 2.79. The number of likely N-dealkylation sites (N-methyl/N-ethyl adjacent to an activating group) is 1. The van der Waals surface area contributed by atoms with Gasteiger partial charge in [-0.1, -0.05) is 13.3 Å². The molecule has 20 heavy (non-hydrogen) atoms. The molecule has 5 nitrogen and oxygen atoms in total. The fourth-order valence-corrected chi connectivity index (χ4v) is 3.00. The second-order valence-corrected chi connectivity index (χ2v) is 6.66. The predicted octanol–water partition coefficient (Wildman–Crippen LogP) is 2.17. The summed E-state index contributed by atoms with van der Waals surface area (Å²) in [5.41, 5.74) is 0.748. The van der Waals surface area contributed by atoms with Crippen molar-refractivity contribution in [3.05, 3.63) is 21.0 Å². The van der Waals surface area contributed by atoms with Crippen molar-refractivity contribution in [2.75, 3.05) is 26.0 Å². The van der Waals surface area contributed by atoms with E-state index < -0.39 is 0 Å². The molecule has 0 amide bonds. The number of halogens is 1. The lowest BCUT2D eigenvalue weighted by molar-refractivity contribution is 0.367. The third-order valence-corrected chi connectivity index (χ3v) is 4.71. The monoisotopic (exact) mass is 342 g/mol. The summed E-state index contributed by atoms with van der Waals surface area (Å²) in [5, 5.41) is 7.72. The van der Waals surface area contributed by atoms with E-state index in [2.05, 4.69) is 33.3 Å². The molecule has 6 heteroatoms. The lowest BCUT2D eigenvalue weighted by Crippen LogP contribution is -2.30. The summed E-state index contributed by atoms with van der Waals surface area (Å²) in [6.07, 6.45) is 5.43. The molecule has 0 bridgehead atoms. The Labute approximate surface area is 128 Å². The van der Waals surface area contributed by atoms with Crippen LogP contribution in [0.5, 0.6) is 0 Å². The Morgan fingerprint density at radius 1 is 1.50 bits per heavy atom. The van der Waals surface area contributed by atoms with Crippen LogP contribution in [-0.4, -0.2) is 41.4 Å². The fraction of sp³-hybridized carbons (Fsp3) is 0.714.